The average molecular weight is 351 g/mol. The van der Waals surface area contributed by atoms with Crippen molar-refractivity contribution in [3.05, 3.63) is 65.9 Å². The Morgan fingerprint density at radius 1 is 1.00 bits per heavy atom. The molecule has 0 saturated heterocycles. The van der Waals surface area contributed by atoms with E-state index in [1.807, 2.05) is 24.3 Å². The predicted octanol–water partition coefficient (Wildman–Crippen LogP) is 3.99. The fourth-order valence-corrected chi connectivity index (χ4v) is 2.46. The molecule has 0 aliphatic rings. The van der Waals surface area contributed by atoms with Gasteiger partial charge in [-0.05, 0) is 35.9 Å². The van der Waals surface area contributed by atoms with E-state index in [0.717, 1.165) is 10.8 Å². The summed E-state index contributed by atoms with van der Waals surface area (Å²) in [5.41, 5.74) is 0.619. The summed E-state index contributed by atoms with van der Waals surface area (Å²) in [6.07, 6.45) is 1.37. The first-order chi connectivity index (χ1) is 12.6. The van der Waals surface area contributed by atoms with Gasteiger partial charge in [-0.15, -0.1) is 0 Å². The fourth-order valence-electron chi connectivity index (χ4n) is 2.46. The molecule has 0 bridgehead atoms. The highest BCUT2D eigenvalue weighted by molar-refractivity contribution is 5.98. The Morgan fingerprint density at radius 2 is 1.73 bits per heavy atom. The van der Waals surface area contributed by atoms with Gasteiger partial charge in [-0.1, -0.05) is 24.3 Å². The Morgan fingerprint density at radius 3 is 2.35 bits per heavy atom. The zero-order chi connectivity index (χ0) is 18.5. The van der Waals surface area contributed by atoms with Crippen molar-refractivity contribution >= 4 is 22.7 Å². The van der Waals surface area contributed by atoms with Gasteiger partial charge in [0, 0.05) is 12.3 Å². The molecule has 0 atom stereocenters. The number of carbonyl (C=O) groups excluding carboxylic acids is 2. The van der Waals surface area contributed by atoms with Crippen molar-refractivity contribution in [2.75, 3.05) is 13.7 Å². The standard InChI is InChI=1S/C20H17NO5/c1-3-25-19(22)15-8-9-18(21-12-15)26-17-11-14-7-5-4-6-13(14)10-16(17)20(23)24-2/h4-12H,3H2,1-2H3. The Labute approximate surface area is 150 Å². The normalized spacial score (nSPS) is 10.4. The minimum Gasteiger partial charge on any atom is -0.465 e. The monoisotopic (exact) mass is 351 g/mol. The summed E-state index contributed by atoms with van der Waals surface area (Å²) in [5.74, 6) is -0.383. The van der Waals surface area contributed by atoms with Crippen LogP contribution < -0.4 is 4.74 Å². The van der Waals surface area contributed by atoms with E-state index in [0.29, 0.717) is 16.9 Å². The molecule has 0 amide bonds. The van der Waals surface area contributed by atoms with Crippen LogP contribution in [0.5, 0.6) is 11.6 Å². The molecule has 132 valence electrons. The molecule has 0 radical (unpaired) electrons. The highest BCUT2D eigenvalue weighted by atomic mass is 16.5. The molecule has 6 heteroatoms. The first kappa shape index (κ1) is 17.4. The number of methoxy groups -OCH3 is 1. The number of fused-ring (bicyclic) bond motifs is 1. The van der Waals surface area contributed by atoms with Gasteiger partial charge in [-0.2, -0.15) is 0 Å². The third-order valence-corrected chi connectivity index (χ3v) is 3.72. The van der Waals surface area contributed by atoms with Crippen LogP contribution in [0.3, 0.4) is 0 Å². The molecular formula is C20H17NO5. The molecule has 0 N–H and O–H groups in total. The van der Waals surface area contributed by atoms with E-state index < -0.39 is 11.9 Å². The second-order valence-corrected chi connectivity index (χ2v) is 5.39. The Balaban J connectivity index is 1.94. The van der Waals surface area contributed by atoms with Crippen LogP contribution in [-0.4, -0.2) is 30.6 Å². The third kappa shape index (κ3) is 3.64. The first-order valence-electron chi connectivity index (χ1n) is 8.04. The molecule has 3 aromatic rings. The lowest BCUT2D eigenvalue weighted by atomic mass is 10.1. The van der Waals surface area contributed by atoms with Gasteiger partial charge in [0.1, 0.15) is 11.3 Å². The van der Waals surface area contributed by atoms with Gasteiger partial charge in [0.2, 0.25) is 5.88 Å². The van der Waals surface area contributed by atoms with Crippen molar-refractivity contribution < 1.29 is 23.8 Å². The molecule has 0 aliphatic carbocycles. The molecule has 0 saturated carbocycles. The summed E-state index contributed by atoms with van der Waals surface area (Å²) in [5, 5.41) is 1.81. The maximum Gasteiger partial charge on any atom is 0.341 e. The van der Waals surface area contributed by atoms with Gasteiger partial charge < -0.3 is 14.2 Å². The van der Waals surface area contributed by atoms with Crippen LogP contribution in [-0.2, 0) is 9.47 Å². The second-order valence-electron chi connectivity index (χ2n) is 5.39. The highest BCUT2D eigenvalue weighted by Crippen LogP contribution is 2.30. The average Bonchev–Trinajstić information content (AvgIpc) is 2.67. The van der Waals surface area contributed by atoms with Crippen LogP contribution in [0.2, 0.25) is 0 Å². The molecule has 0 fully saturated rings. The van der Waals surface area contributed by atoms with E-state index in [1.54, 1.807) is 31.2 Å². The van der Waals surface area contributed by atoms with Crippen molar-refractivity contribution in [1.82, 2.24) is 4.98 Å². The maximum absolute atomic E-state index is 12.1. The number of pyridine rings is 1. The molecule has 0 spiro atoms. The molecule has 6 nitrogen and oxygen atoms in total. The summed E-state index contributed by atoms with van der Waals surface area (Å²) in [6, 6.07) is 14.2. The van der Waals surface area contributed by atoms with Gasteiger partial charge in [-0.3, -0.25) is 0 Å². The van der Waals surface area contributed by atoms with Gasteiger partial charge in [0.25, 0.3) is 0 Å². The Hall–Kier alpha value is -3.41. The number of hydrogen-bond acceptors (Lipinski definition) is 6. The van der Waals surface area contributed by atoms with E-state index >= 15 is 0 Å². The van der Waals surface area contributed by atoms with E-state index in [9.17, 15) is 9.59 Å². The van der Waals surface area contributed by atoms with Gasteiger partial charge in [0.05, 0.1) is 19.3 Å². The second kappa shape index (κ2) is 7.65. The molecule has 3 rings (SSSR count). The van der Waals surface area contributed by atoms with Crippen LogP contribution in [0.4, 0.5) is 0 Å². The number of hydrogen-bond donors (Lipinski definition) is 0. The van der Waals surface area contributed by atoms with Gasteiger partial charge in [-0.25, -0.2) is 14.6 Å². The van der Waals surface area contributed by atoms with Crippen LogP contribution in [0.15, 0.2) is 54.7 Å². The molecule has 1 aromatic heterocycles. The van der Waals surface area contributed by atoms with Crippen molar-refractivity contribution in [3.63, 3.8) is 0 Å². The third-order valence-electron chi connectivity index (χ3n) is 3.72. The Bertz CT molecular complexity index is 950. The smallest absolute Gasteiger partial charge is 0.341 e. The topological polar surface area (TPSA) is 74.7 Å². The minimum absolute atomic E-state index is 0.249. The van der Waals surface area contributed by atoms with E-state index in [-0.39, 0.29) is 12.5 Å². The molecule has 0 unspecified atom stereocenters. The largest absolute Gasteiger partial charge is 0.465 e. The number of rotatable bonds is 5. The predicted molar refractivity (Wildman–Crippen MR) is 95.6 cm³/mol. The van der Waals surface area contributed by atoms with Crippen molar-refractivity contribution in [2.24, 2.45) is 0 Å². The van der Waals surface area contributed by atoms with Gasteiger partial charge in [0.15, 0.2) is 0 Å². The molecule has 0 aliphatic heterocycles. The van der Waals surface area contributed by atoms with Crippen LogP contribution in [0, 0.1) is 0 Å². The number of aromatic nitrogens is 1. The SMILES string of the molecule is CCOC(=O)c1ccc(Oc2cc3ccccc3cc2C(=O)OC)nc1. The molecular weight excluding hydrogens is 334 g/mol. The number of ether oxygens (including phenoxy) is 3. The summed E-state index contributed by atoms with van der Waals surface area (Å²) in [6.45, 7) is 2.02. The quantitative estimate of drug-likeness (QED) is 0.647. The fraction of sp³-hybridized carbons (Fsp3) is 0.150. The van der Waals surface area contributed by atoms with E-state index in [2.05, 4.69) is 4.98 Å². The number of benzene rings is 2. The summed E-state index contributed by atoms with van der Waals surface area (Å²) in [4.78, 5) is 27.9. The summed E-state index contributed by atoms with van der Waals surface area (Å²) < 4.78 is 15.5. The molecule has 2 aromatic carbocycles. The van der Waals surface area contributed by atoms with E-state index in [1.165, 1.54) is 13.3 Å². The lowest BCUT2D eigenvalue weighted by molar-refractivity contribution is 0.0525. The molecule has 1 heterocycles. The Kier molecular flexibility index (Phi) is 5.12. The lowest BCUT2D eigenvalue weighted by Gasteiger charge is -2.11. The zero-order valence-corrected chi connectivity index (χ0v) is 14.4. The van der Waals surface area contributed by atoms with Crippen molar-refractivity contribution in [3.8, 4) is 11.6 Å². The number of esters is 2. The number of carbonyl (C=O) groups is 2. The number of nitrogens with zero attached hydrogens (tertiary/aromatic N) is 1. The van der Waals surface area contributed by atoms with Crippen LogP contribution in [0.1, 0.15) is 27.6 Å². The highest BCUT2D eigenvalue weighted by Gasteiger charge is 2.16. The van der Waals surface area contributed by atoms with Crippen LogP contribution >= 0.6 is 0 Å². The van der Waals surface area contributed by atoms with Gasteiger partial charge >= 0.3 is 11.9 Å². The van der Waals surface area contributed by atoms with Crippen molar-refractivity contribution in [1.29, 1.82) is 0 Å². The maximum atomic E-state index is 12.1. The lowest BCUT2D eigenvalue weighted by Crippen LogP contribution is -2.06. The van der Waals surface area contributed by atoms with Crippen molar-refractivity contribution in [2.45, 2.75) is 6.92 Å². The first-order valence-corrected chi connectivity index (χ1v) is 8.04. The summed E-state index contributed by atoms with van der Waals surface area (Å²) in [7, 11) is 1.31. The summed E-state index contributed by atoms with van der Waals surface area (Å²) >= 11 is 0. The van der Waals surface area contributed by atoms with E-state index in [4.69, 9.17) is 14.2 Å². The minimum atomic E-state index is -0.506. The zero-order valence-electron chi connectivity index (χ0n) is 14.4. The molecule has 26 heavy (non-hydrogen) atoms. The van der Waals surface area contributed by atoms with Crippen LogP contribution in [0.25, 0.3) is 10.8 Å².